The number of amides is 1. The van der Waals surface area contributed by atoms with Crippen LogP contribution >= 0.6 is 23.2 Å². The fraction of sp³-hybridized carbons (Fsp3) is 0.480. The molecule has 2 heterocycles. The average Bonchev–Trinajstić information content (AvgIpc) is 3.17. The maximum Gasteiger partial charge on any atom is 0.243 e. The maximum atomic E-state index is 13.0. The lowest BCUT2D eigenvalue weighted by atomic mass is 9.99. The van der Waals surface area contributed by atoms with E-state index in [2.05, 4.69) is 5.32 Å². The third kappa shape index (κ3) is 7.04. The number of nitrogens with one attached hydrogen (secondary N) is 1. The third-order valence-corrected chi connectivity index (χ3v) is 11.1. The number of carbonyl (C=O) groups excluding carboxylic acids is 1. The zero-order valence-corrected chi connectivity index (χ0v) is 23.5. The van der Waals surface area contributed by atoms with Crippen molar-refractivity contribution in [2.24, 2.45) is 5.92 Å². The van der Waals surface area contributed by atoms with Crippen LogP contribution in [0.15, 0.2) is 47.4 Å². The van der Waals surface area contributed by atoms with Crippen molar-refractivity contribution in [3.05, 3.63) is 58.1 Å². The van der Waals surface area contributed by atoms with Crippen LogP contribution in [0.5, 0.6) is 0 Å². The lowest BCUT2D eigenvalue weighted by molar-refractivity contribution is -0.120. The van der Waals surface area contributed by atoms with E-state index in [1.165, 1.54) is 26.8 Å². The number of nitrogens with zero attached hydrogens (tertiary/aromatic N) is 2. The van der Waals surface area contributed by atoms with Gasteiger partial charge in [-0.3, -0.25) is 4.79 Å². The van der Waals surface area contributed by atoms with Gasteiger partial charge in [-0.1, -0.05) is 42.1 Å². The van der Waals surface area contributed by atoms with Crippen LogP contribution in [0.3, 0.4) is 0 Å². The van der Waals surface area contributed by atoms with E-state index in [0.29, 0.717) is 48.7 Å². The second kappa shape index (κ2) is 12.0. The number of carbonyl (C=O) groups is 1. The Bertz CT molecular complexity index is 1330. The Morgan fingerprint density at radius 1 is 0.865 bits per heavy atom. The van der Waals surface area contributed by atoms with E-state index >= 15 is 0 Å². The first-order valence-corrected chi connectivity index (χ1v) is 16.2. The topological polar surface area (TPSA) is 104 Å². The Labute approximate surface area is 229 Å². The molecule has 1 N–H and O–H groups in total. The Hall–Kier alpha value is -1.69. The van der Waals surface area contributed by atoms with Crippen molar-refractivity contribution in [3.63, 3.8) is 0 Å². The zero-order chi connectivity index (χ0) is 26.6. The minimum atomic E-state index is -3.69. The maximum absolute atomic E-state index is 13.0. The summed E-state index contributed by atoms with van der Waals surface area (Å²) < 4.78 is 54.9. The van der Waals surface area contributed by atoms with Gasteiger partial charge in [-0.05, 0) is 67.6 Å². The average molecular weight is 589 g/mol. The number of anilines is 1. The molecule has 0 radical (unpaired) electrons. The first kappa shape index (κ1) is 28.3. The lowest BCUT2D eigenvalue weighted by Gasteiger charge is -2.31. The van der Waals surface area contributed by atoms with Gasteiger partial charge >= 0.3 is 0 Å². The molecule has 0 bridgehead atoms. The summed E-state index contributed by atoms with van der Waals surface area (Å²) in [7, 11) is -7.27. The summed E-state index contributed by atoms with van der Waals surface area (Å²) in [5.41, 5.74) is 0.917. The van der Waals surface area contributed by atoms with Crippen molar-refractivity contribution in [2.45, 2.75) is 49.2 Å². The van der Waals surface area contributed by atoms with Crippen molar-refractivity contribution in [3.8, 4) is 0 Å². The Morgan fingerprint density at radius 3 is 2.16 bits per heavy atom. The van der Waals surface area contributed by atoms with Gasteiger partial charge < -0.3 is 5.32 Å². The van der Waals surface area contributed by atoms with Crippen molar-refractivity contribution >= 4 is 54.8 Å². The molecule has 0 spiro atoms. The highest BCUT2D eigenvalue weighted by atomic mass is 35.5. The molecule has 1 atom stereocenters. The highest BCUT2D eigenvalue weighted by Crippen LogP contribution is 2.27. The van der Waals surface area contributed by atoms with E-state index < -0.39 is 26.0 Å². The highest BCUT2D eigenvalue weighted by molar-refractivity contribution is 7.89. The molecule has 202 valence electrons. The van der Waals surface area contributed by atoms with Crippen LogP contribution in [-0.4, -0.2) is 57.5 Å². The van der Waals surface area contributed by atoms with E-state index in [4.69, 9.17) is 23.2 Å². The molecule has 2 fully saturated rings. The number of hydrogen-bond donors (Lipinski definition) is 1. The highest BCUT2D eigenvalue weighted by Gasteiger charge is 2.33. The number of sulfonamides is 2. The zero-order valence-electron chi connectivity index (χ0n) is 20.4. The predicted molar refractivity (Wildman–Crippen MR) is 146 cm³/mol. The normalized spacial score (nSPS) is 20.3. The number of rotatable bonds is 7. The van der Waals surface area contributed by atoms with E-state index in [-0.39, 0.29) is 28.1 Å². The van der Waals surface area contributed by atoms with Gasteiger partial charge in [0.25, 0.3) is 0 Å². The molecule has 0 saturated carbocycles. The van der Waals surface area contributed by atoms with Crippen LogP contribution < -0.4 is 5.32 Å². The fourth-order valence-corrected chi connectivity index (χ4v) is 8.43. The molecule has 2 saturated heterocycles. The second-order valence-corrected chi connectivity index (χ2v) is 14.3. The van der Waals surface area contributed by atoms with E-state index in [1.54, 1.807) is 24.3 Å². The van der Waals surface area contributed by atoms with Crippen molar-refractivity contribution < 1.29 is 21.6 Å². The largest absolute Gasteiger partial charge is 0.326 e. The Balaban J connectivity index is 1.38. The molecule has 0 aliphatic carbocycles. The molecule has 0 unspecified atom stereocenters. The number of benzene rings is 2. The SMILES string of the molecule is O=C(Nc1ccc(S(=O)(=O)N2CCCCCC2)cc1)[C@@H]1CCCN(S(=O)(=O)Cc2ccc(Cl)cc2Cl)C1. The molecule has 12 heteroatoms. The van der Waals surface area contributed by atoms with Crippen molar-refractivity contribution in [1.82, 2.24) is 8.61 Å². The smallest absolute Gasteiger partial charge is 0.243 e. The van der Waals surface area contributed by atoms with Gasteiger partial charge in [0.2, 0.25) is 26.0 Å². The van der Waals surface area contributed by atoms with Gasteiger partial charge in [-0.2, -0.15) is 4.31 Å². The van der Waals surface area contributed by atoms with E-state index in [9.17, 15) is 21.6 Å². The fourth-order valence-electron chi connectivity index (χ4n) is 4.72. The number of hydrogen-bond acceptors (Lipinski definition) is 5. The van der Waals surface area contributed by atoms with Gasteiger partial charge in [0.05, 0.1) is 16.6 Å². The Kier molecular flexibility index (Phi) is 9.19. The molecule has 2 aromatic carbocycles. The van der Waals surface area contributed by atoms with Crippen LogP contribution in [0.4, 0.5) is 5.69 Å². The van der Waals surface area contributed by atoms with Crippen molar-refractivity contribution in [2.75, 3.05) is 31.5 Å². The van der Waals surface area contributed by atoms with Crippen LogP contribution in [-0.2, 0) is 30.6 Å². The van der Waals surface area contributed by atoms with Crippen molar-refractivity contribution in [1.29, 1.82) is 0 Å². The predicted octanol–water partition coefficient (Wildman–Crippen LogP) is 4.74. The summed E-state index contributed by atoms with van der Waals surface area (Å²) in [6.07, 6.45) is 4.89. The van der Waals surface area contributed by atoms with Crippen LogP contribution in [0.2, 0.25) is 10.0 Å². The molecule has 2 aliphatic heterocycles. The molecule has 0 aromatic heterocycles. The third-order valence-electron chi connectivity index (χ3n) is 6.83. The summed E-state index contributed by atoms with van der Waals surface area (Å²) in [6.45, 7) is 1.44. The van der Waals surface area contributed by atoms with E-state index in [0.717, 1.165) is 25.7 Å². The van der Waals surface area contributed by atoms with Gasteiger partial charge in [0.1, 0.15) is 0 Å². The number of halogens is 2. The first-order valence-electron chi connectivity index (χ1n) is 12.4. The summed E-state index contributed by atoms with van der Waals surface area (Å²) in [4.78, 5) is 13.2. The van der Waals surface area contributed by atoms with Crippen LogP contribution in [0.1, 0.15) is 44.1 Å². The van der Waals surface area contributed by atoms with Gasteiger partial charge in [-0.15, -0.1) is 0 Å². The summed E-state index contributed by atoms with van der Waals surface area (Å²) >= 11 is 12.1. The molecule has 1 amide bonds. The molecule has 2 aliphatic rings. The monoisotopic (exact) mass is 587 g/mol. The molecular formula is C25H31Cl2N3O5S2. The lowest BCUT2D eigenvalue weighted by Crippen LogP contribution is -2.44. The summed E-state index contributed by atoms with van der Waals surface area (Å²) in [5.74, 6) is -1.10. The Morgan fingerprint density at radius 2 is 1.51 bits per heavy atom. The minimum absolute atomic E-state index is 0.0702. The summed E-state index contributed by atoms with van der Waals surface area (Å²) in [5, 5.41) is 3.52. The molecule has 8 nitrogen and oxygen atoms in total. The van der Waals surface area contributed by atoms with Gasteiger partial charge in [0, 0.05) is 41.9 Å². The van der Waals surface area contributed by atoms with Gasteiger partial charge in [0.15, 0.2) is 0 Å². The summed E-state index contributed by atoms with van der Waals surface area (Å²) in [6, 6.07) is 10.8. The second-order valence-electron chi connectivity index (χ2n) is 9.52. The molecule has 2 aromatic rings. The standard InChI is InChI=1S/C25H31Cl2N3O5S2/c26-21-8-7-20(24(27)16-21)18-36(32,33)30-15-5-6-19(17-30)25(31)28-22-9-11-23(12-10-22)37(34,35)29-13-3-1-2-4-14-29/h7-12,16,19H,1-6,13-15,17-18H2,(H,28,31)/t19-/m1/s1. The minimum Gasteiger partial charge on any atom is -0.326 e. The number of piperidine rings is 1. The molecule has 4 rings (SSSR count). The quantitative estimate of drug-likeness (QED) is 0.504. The molecular weight excluding hydrogens is 557 g/mol. The first-order chi connectivity index (χ1) is 17.6. The van der Waals surface area contributed by atoms with Crippen LogP contribution in [0, 0.1) is 5.92 Å². The van der Waals surface area contributed by atoms with Gasteiger partial charge in [-0.25, -0.2) is 21.1 Å². The van der Waals surface area contributed by atoms with Crippen LogP contribution in [0.25, 0.3) is 0 Å². The van der Waals surface area contributed by atoms with E-state index in [1.807, 2.05) is 0 Å². The molecule has 37 heavy (non-hydrogen) atoms.